The van der Waals surface area contributed by atoms with Crippen LogP contribution in [0.1, 0.15) is 6.42 Å². The second-order valence-corrected chi connectivity index (χ2v) is 5.37. The van der Waals surface area contributed by atoms with E-state index in [0.717, 1.165) is 0 Å². The maximum atomic E-state index is 11.8. The molecule has 0 bridgehead atoms. The molecule has 128 valence electrons. The Morgan fingerprint density at radius 2 is 1.87 bits per heavy atom. The number of nitrogens with one attached hydrogen (secondary N) is 3. The molecule has 0 aromatic heterocycles. The summed E-state index contributed by atoms with van der Waals surface area (Å²) >= 11 is 1.53. The Bertz CT molecular complexity index is 491. The Labute approximate surface area is 138 Å². The Balaban J connectivity index is 4.31. The predicted octanol–water partition coefficient (Wildman–Crippen LogP) is -2.50. The standard InChI is InChI=1S/C13H20N4O5S/c1-3-9(17-12(21)8(14)4-5-23-2)13(22)16-6-10(18)15-7-11(19)20/h1,8-9H,4-7,14H2,2H3,(H,15,18)(H,16,22)(H,17,21)(H,19,20)/t8-,9-/m0/s1. The molecule has 0 aliphatic heterocycles. The zero-order valence-corrected chi connectivity index (χ0v) is 13.4. The van der Waals surface area contributed by atoms with Crippen molar-refractivity contribution in [2.24, 2.45) is 5.73 Å². The topological polar surface area (TPSA) is 151 Å². The third kappa shape index (κ3) is 9.38. The molecule has 6 N–H and O–H groups in total. The molecular formula is C13H20N4O5S. The van der Waals surface area contributed by atoms with E-state index >= 15 is 0 Å². The summed E-state index contributed by atoms with van der Waals surface area (Å²) in [5.41, 5.74) is 5.65. The highest BCUT2D eigenvalue weighted by Crippen LogP contribution is 1.99. The second-order valence-electron chi connectivity index (χ2n) is 4.38. The lowest BCUT2D eigenvalue weighted by molar-refractivity contribution is -0.137. The first-order valence-electron chi connectivity index (χ1n) is 6.59. The van der Waals surface area contributed by atoms with E-state index in [2.05, 4.69) is 21.9 Å². The largest absolute Gasteiger partial charge is 0.480 e. The molecule has 23 heavy (non-hydrogen) atoms. The summed E-state index contributed by atoms with van der Waals surface area (Å²) in [6, 6.07) is -2.06. The van der Waals surface area contributed by atoms with Crippen molar-refractivity contribution in [3.8, 4) is 12.3 Å². The minimum atomic E-state index is -1.27. The van der Waals surface area contributed by atoms with Crippen LogP contribution in [0.2, 0.25) is 0 Å². The van der Waals surface area contributed by atoms with Gasteiger partial charge >= 0.3 is 5.97 Å². The first-order valence-corrected chi connectivity index (χ1v) is 7.98. The lowest BCUT2D eigenvalue weighted by Crippen LogP contribution is -2.52. The number of terminal acetylenes is 1. The molecule has 0 radical (unpaired) electrons. The highest BCUT2D eigenvalue weighted by atomic mass is 32.2. The molecule has 0 aliphatic carbocycles. The molecule has 0 aromatic rings. The average molecular weight is 344 g/mol. The molecular weight excluding hydrogens is 324 g/mol. The zero-order chi connectivity index (χ0) is 17.8. The highest BCUT2D eigenvalue weighted by molar-refractivity contribution is 7.98. The van der Waals surface area contributed by atoms with Gasteiger partial charge in [-0.2, -0.15) is 11.8 Å². The minimum Gasteiger partial charge on any atom is -0.480 e. The summed E-state index contributed by atoms with van der Waals surface area (Å²) in [6.07, 6.45) is 7.49. The molecule has 10 heteroatoms. The van der Waals surface area contributed by atoms with E-state index in [1.54, 1.807) is 0 Å². The van der Waals surface area contributed by atoms with E-state index in [-0.39, 0.29) is 0 Å². The number of carbonyl (C=O) groups excluding carboxylic acids is 3. The van der Waals surface area contributed by atoms with Crippen molar-refractivity contribution < 1.29 is 24.3 Å². The van der Waals surface area contributed by atoms with Gasteiger partial charge in [-0.3, -0.25) is 19.2 Å². The maximum Gasteiger partial charge on any atom is 0.322 e. The Hall–Kier alpha value is -2.25. The van der Waals surface area contributed by atoms with E-state index in [0.29, 0.717) is 12.2 Å². The van der Waals surface area contributed by atoms with Crippen LogP contribution in [-0.2, 0) is 19.2 Å². The number of hydrogen-bond acceptors (Lipinski definition) is 6. The van der Waals surface area contributed by atoms with E-state index in [9.17, 15) is 19.2 Å². The summed E-state index contributed by atoms with van der Waals surface area (Å²) in [7, 11) is 0. The van der Waals surface area contributed by atoms with Crippen molar-refractivity contribution in [2.45, 2.75) is 18.5 Å². The summed E-state index contributed by atoms with van der Waals surface area (Å²) in [4.78, 5) is 45.1. The normalized spacial score (nSPS) is 12.4. The van der Waals surface area contributed by atoms with E-state index < -0.39 is 48.9 Å². The molecule has 0 aromatic carbocycles. The van der Waals surface area contributed by atoms with Crippen LogP contribution in [-0.4, -0.2) is 66.0 Å². The predicted molar refractivity (Wildman–Crippen MR) is 85.4 cm³/mol. The van der Waals surface area contributed by atoms with Gasteiger partial charge in [0, 0.05) is 0 Å². The number of nitrogens with two attached hydrogens (primary N) is 1. The average Bonchev–Trinajstić information content (AvgIpc) is 2.52. The fraction of sp³-hybridized carbons (Fsp3) is 0.538. The van der Waals surface area contributed by atoms with Crippen molar-refractivity contribution in [1.29, 1.82) is 0 Å². The van der Waals surface area contributed by atoms with Gasteiger partial charge < -0.3 is 26.8 Å². The van der Waals surface area contributed by atoms with Crippen molar-refractivity contribution >= 4 is 35.5 Å². The van der Waals surface area contributed by atoms with Crippen molar-refractivity contribution in [3.05, 3.63) is 0 Å². The van der Waals surface area contributed by atoms with Gasteiger partial charge in [0.15, 0.2) is 6.04 Å². The SMILES string of the molecule is C#C[C@H](NC(=O)[C@@H](N)CCSC)C(=O)NCC(=O)NCC(=O)O. The molecule has 0 rings (SSSR count). The van der Waals surface area contributed by atoms with Gasteiger partial charge in [0.05, 0.1) is 12.6 Å². The highest BCUT2D eigenvalue weighted by Gasteiger charge is 2.22. The molecule has 0 heterocycles. The van der Waals surface area contributed by atoms with Gasteiger partial charge in [0.1, 0.15) is 6.54 Å². The molecule has 0 aliphatic rings. The number of hydrogen-bond donors (Lipinski definition) is 5. The number of thioether (sulfide) groups is 1. The third-order valence-corrected chi connectivity index (χ3v) is 3.19. The number of amides is 3. The van der Waals surface area contributed by atoms with Gasteiger partial charge in [-0.15, -0.1) is 6.42 Å². The summed E-state index contributed by atoms with van der Waals surface area (Å²) in [6.45, 7) is -1.02. The minimum absolute atomic E-state index is 0.434. The molecule has 3 amide bonds. The number of carboxylic acids is 1. The summed E-state index contributed by atoms with van der Waals surface area (Å²) in [5.74, 6) is -0.456. The molecule has 9 nitrogen and oxygen atoms in total. The lowest BCUT2D eigenvalue weighted by atomic mass is 10.2. The van der Waals surface area contributed by atoms with Crippen LogP contribution in [0.4, 0.5) is 0 Å². The van der Waals surface area contributed by atoms with E-state index in [1.807, 2.05) is 6.26 Å². The lowest BCUT2D eigenvalue weighted by Gasteiger charge is -2.16. The van der Waals surface area contributed by atoms with Crippen molar-refractivity contribution in [3.63, 3.8) is 0 Å². The van der Waals surface area contributed by atoms with Crippen LogP contribution < -0.4 is 21.7 Å². The quantitative estimate of drug-likeness (QED) is 0.275. The molecule has 0 saturated heterocycles. The molecule has 0 unspecified atom stereocenters. The van der Waals surface area contributed by atoms with Gasteiger partial charge in [-0.05, 0) is 18.4 Å². The summed E-state index contributed by atoms with van der Waals surface area (Å²) in [5, 5.41) is 15.0. The van der Waals surface area contributed by atoms with Gasteiger partial charge in [0.25, 0.3) is 5.91 Å². The summed E-state index contributed by atoms with van der Waals surface area (Å²) < 4.78 is 0. The Morgan fingerprint density at radius 1 is 1.22 bits per heavy atom. The van der Waals surface area contributed by atoms with E-state index in [4.69, 9.17) is 17.3 Å². The molecule has 2 atom stereocenters. The van der Waals surface area contributed by atoms with Crippen LogP contribution in [0.3, 0.4) is 0 Å². The molecule has 0 spiro atoms. The number of carbonyl (C=O) groups is 4. The fourth-order valence-electron chi connectivity index (χ4n) is 1.31. The van der Waals surface area contributed by atoms with Crippen LogP contribution in [0.5, 0.6) is 0 Å². The smallest absolute Gasteiger partial charge is 0.322 e. The third-order valence-electron chi connectivity index (χ3n) is 2.55. The Kier molecular flexibility index (Phi) is 10.2. The monoisotopic (exact) mass is 344 g/mol. The fourth-order valence-corrected chi connectivity index (χ4v) is 1.80. The number of carboxylic acid groups (broad SMARTS) is 1. The molecule has 0 saturated carbocycles. The van der Waals surface area contributed by atoms with Gasteiger partial charge in [-0.1, -0.05) is 5.92 Å². The number of rotatable bonds is 10. The van der Waals surface area contributed by atoms with Gasteiger partial charge in [0.2, 0.25) is 11.8 Å². The first kappa shape index (κ1) is 20.8. The Morgan fingerprint density at radius 3 is 2.39 bits per heavy atom. The van der Waals surface area contributed by atoms with Crippen LogP contribution in [0.25, 0.3) is 0 Å². The first-order chi connectivity index (χ1) is 10.8. The zero-order valence-electron chi connectivity index (χ0n) is 12.6. The molecule has 0 fully saturated rings. The van der Waals surface area contributed by atoms with E-state index in [1.165, 1.54) is 11.8 Å². The van der Waals surface area contributed by atoms with Crippen molar-refractivity contribution in [2.75, 3.05) is 25.1 Å². The van der Waals surface area contributed by atoms with Gasteiger partial charge in [-0.25, -0.2) is 0 Å². The van der Waals surface area contributed by atoms with Crippen LogP contribution in [0.15, 0.2) is 0 Å². The van der Waals surface area contributed by atoms with Crippen LogP contribution in [0, 0.1) is 12.3 Å². The van der Waals surface area contributed by atoms with Crippen molar-refractivity contribution in [1.82, 2.24) is 16.0 Å². The number of aliphatic carboxylic acids is 1. The second kappa shape index (κ2) is 11.3. The van der Waals surface area contributed by atoms with Crippen LogP contribution >= 0.6 is 11.8 Å². The maximum absolute atomic E-state index is 11.8.